The lowest BCUT2D eigenvalue weighted by Gasteiger charge is -2.17. The molecule has 6 nitrogen and oxygen atoms in total. The molecule has 1 rings (SSSR count). The minimum atomic E-state index is 0.225. The Bertz CT molecular complexity index is 391. The summed E-state index contributed by atoms with van der Waals surface area (Å²) in [5.41, 5.74) is 2.57. The van der Waals surface area contributed by atoms with Crippen LogP contribution < -0.4 is 16.6 Å². The third-order valence-electron chi connectivity index (χ3n) is 3.21. The zero-order chi connectivity index (χ0) is 15.0. The topological polar surface area (TPSA) is 96.1 Å². The largest absolute Gasteiger partial charge is 0.396 e. The van der Waals surface area contributed by atoms with Gasteiger partial charge in [-0.25, -0.2) is 15.8 Å². The minimum Gasteiger partial charge on any atom is -0.396 e. The van der Waals surface area contributed by atoms with Crippen LogP contribution in [0.3, 0.4) is 0 Å². The van der Waals surface area contributed by atoms with Crippen molar-refractivity contribution in [2.24, 2.45) is 11.8 Å². The van der Waals surface area contributed by atoms with Crippen molar-refractivity contribution in [3.8, 4) is 0 Å². The van der Waals surface area contributed by atoms with Crippen LogP contribution in [0.1, 0.15) is 51.8 Å². The van der Waals surface area contributed by atoms with Gasteiger partial charge in [-0.15, -0.1) is 0 Å². The van der Waals surface area contributed by atoms with E-state index in [1.54, 1.807) is 6.07 Å². The Morgan fingerprint density at radius 3 is 2.50 bits per heavy atom. The first kappa shape index (κ1) is 16.7. The van der Waals surface area contributed by atoms with Crippen LogP contribution in [0.25, 0.3) is 0 Å². The number of aromatic nitrogens is 2. The van der Waals surface area contributed by atoms with Gasteiger partial charge in [0.05, 0.1) is 0 Å². The highest BCUT2D eigenvalue weighted by Gasteiger charge is 2.10. The molecule has 0 radical (unpaired) electrons. The highest BCUT2D eigenvalue weighted by Crippen LogP contribution is 2.18. The summed E-state index contributed by atoms with van der Waals surface area (Å²) in [6, 6.07) is 1.80. The van der Waals surface area contributed by atoms with Gasteiger partial charge in [-0.2, -0.15) is 0 Å². The molecule has 20 heavy (non-hydrogen) atoms. The lowest BCUT2D eigenvalue weighted by Crippen LogP contribution is -2.18. The molecule has 0 saturated carbocycles. The van der Waals surface area contributed by atoms with Crippen molar-refractivity contribution in [2.75, 3.05) is 23.9 Å². The third kappa shape index (κ3) is 5.30. The average molecular weight is 281 g/mol. The zero-order valence-corrected chi connectivity index (χ0v) is 12.7. The molecule has 0 aromatic carbocycles. The molecule has 5 N–H and O–H groups in total. The van der Waals surface area contributed by atoms with Crippen LogP contribution in [-0.2, 0) is 0 Å². The number of nitrogens with two attached hydrogens (primary N) is 1. The number of hydrogen-bond acceptors (Lipinski definition) is 6. The van der Waals surface area contributed by atoms with Crippen molar-refractivity contribution in [1.82, 2.24) is 9.97 Å². The number of aliphatic hydroxyl groups is 1. The number of hydrogen-bond donors (Lipinski definition) is 4. The van der Waals surface area contributed by atoms with E-state index in [1.807, 2.05) is 13.8 Å². The number of anilines is 2. The molecule has 114 valence electrons. The highest BCUT2D eigenvalue weighted by atomic mass is 16.3. The van der Waals surface area contributed by atoms with Gasteiger partial charge in [0.1, 0.15) is 17.5 Å². The van der Waals surface area contributed by atoms with E-state index in [0.29, 0.717) is 11.7 Å². The summed E-state index contributed by atoms with van der Waals surface area (Å²) in [7, 11) is 0. The Kier molecular flexibility index (Phi) is 7.25. The molecule has 1 atom stereocenters. The van der Waals surface area contributed by atoms with Crippen LogP contribution in [0.15, 0.2) is 6.07 Å². The Hall–Kier alpha value is -1.40. The Morgan fingerprint density at radius 1 is 1.25 bits per heavy atom. The summed E-state index contributed by atoms with van der Waals surface area (Å²) in [5, 5.41) is 12.4. The quantitative estimate of drug-likeness (QED) is 0.409. The maximum absolute atomic E-state index is 9.08. The number of nitrogens with zero attached hydrogens (tertiary/aromatic N) is 2. The molecule has 0 saturated heterocycles. The van der Waals surface area contributed by atoms with E-state index in [4.69, 9.17) is 10.9 Å². The first-order chi connectivity index (χ1) is 9.60. The van der Waals surface area contributed by atoms with Gasteiger partial charge in [-0.3, -0.25) is 0 Å². The van der Waals surface area contributed by atoms with Crippen LogP contribution in [0, 0.1) is 5.92 Å². The molecule has 1 unspecified atom stereocenters. The van der Waals surface area contributed by atoms with Crippen LogP contribution in [-0.4, -0.2) is 28.2 Å². The van der Waals surface area contributed by atoms with Crippen LogP contribution in [0.5, 0.6) is 0 Å². The molecule has 0 amide bonds. The van der Waals surface area contributed by atoms with Gasteiger partial charge in [0.15, 0.2) is 0 Å². The van der Waals surface area contributed by atoms with Crippen molar-refractivity contribution >= 4 is 11.6 Å². The van der Waals surface area contributed by atoms with Crippen molar-refractivity contribution in [1.29, 1.82) is 0 Å². The van der Waals surface area contributed by atoms with Gasteiger partial charge in [-0.05, 0) is 18.8 Å². The smallest absolute Gasteiger partial charge is 0.145 e. The second-order valence-corrected chi connectivity index (χ2v) is 5.34. The lowest BCUT2D eigenvalue weighted by atomic mass is 10.0. The normalized spacial score (nSPS) is 12.5. The van der Waals surface area contributed by atoms with E-state index in [-0.39, 0.29) is 12.5 Å². The second kappa shape index (κ2) is 8.71. The third-order valence-corrected chi connectivity index (χ3v) is 3.21. The number of nitrogen functional groups attached to an aromatic ring is 1. The Labute approximate surface area is 121 Å². The molecule has 0 aliphatic heterocycles. The van der Waals surface area contributed by atoms with Gasteiger partial charge in [0, 0.05) is 25.1 Å². The zero-order valence-electron chi connectivity index (χ0n) is 12.7. The molecule has 0 fully saturated rings. The molecule has 1 heterocycles. The summed E-state index contributed by atoms with van der Waals surface area (Å²) < 4.78 is 0. The molecule has 0 aliphatic rings. The molecule has 6 heteroatoms. The SMILES string of the molecule is CCCC(CCO)CNc1cc(NN)nc(C(C)C)n1. The second-order valence-electron chi connectivity index (χ2n) is 5.34. The fourth-order valence-corrected chi connectivity index (χ4v) is 2.08. The highest BCUT2D eigenvalue weighted by molar-refractivity contribution is 5.47. The van der Waals surface area contributed by atoms with Gasteiger partial charge in [0.2, 0.25) is 0 Å². The van der Waals surface area contributed by atoms with Crippen molar-refractivity contribution < 1.29 is 5.11 Å². The Balaban J connectivity index is 2.72. The summed E-state index contributed by atoms with van der Waals surface area (Å²) >= 11 is 0. The number of rotatable bonds is 9. The number of nitrogens with one attached hydrogen (secondary N) is 2. The van der Waals surface area contributed by atoms with Crippen LogP contribution in [0.2, 0.25) is 0 Å². The number of hydrazine groups is 1. The first-order valence-corrected chi connectivity index (χ1v) is 7.31. The molecule has 0 bridgehead atoms. The summed E-state index contributed by atoms with van der Waals surface area (Å²) in [4.78, 5) is 8.82. The minimum absolute atomic E-state index is 0.225. The number of aliphatic hydroxyl groups excluding tert-OH is 1. The lowest BCUT2D eigenvalue weighted by molar-refractivity contribution is 0.255. The van der Waals surface area contributed by atoms with Gasteiger partial charge in [-0.1, -0.05) is 27.2 Å². The van der Waals surface area contributed by atoms with Crippen LogP contribution in [0.4, 0.5) is 11.6 Å². The average Bonchev–Trinajstić information content (AvgIpc) is 2.44. The van der Waals surface area contributed by atoms with E-state index >= 15 is 0 Å². The van der Waals surface area contributed by atoms with E-state index in [9.17, 15) is 0 Å². The first-order valence-electron chi connectivity index (χ1n) is 7.31. The van der Waals surface area contributed by atoms with E-state index in [2.05, 4.69) is 27.6 Å². The summed E-state index contributed by atoms with van der Waals surface area (Å²) in [6.07, 6.45) is 3.02. The summed E-state index contributed by atoms with van der Waals surface area (Å²) in [6.45, 7) is 7.27. The fourth-order valence-electron chi connectivity index (χ4n) is 2.08. The molecule has 0 aliphatic carbocycles. The van der Waals surface area contributed by atoms with Crippen molar-refractivity contribution in [2.45, 2.75) is 46.0 Å². The van der Waals surface area contributed by atoms with Crippen molar-refractivity contribution in [3.63, 3.8) is 0 Å². The fraction of sp³-hybridized carbons (Fsp3) is 0.714. The van der Waals surface area contributed by atoms with Crippen LogP contribution >= 0.6 is 0 Å². The maximum atomic E-state index is 9.08. The molecule has 1 aromatic rings. The maximum Gasteiger partial charge on any atom is 0.145 e. The standard InChI is InChI=1S/C14H27N5O/c1-4-5-11(6-7-20)9-16-12-8-13(19-15)18-14(17-12)10(2)3/h8,10-11,20H,4-7,9,15H2,1-3H3,(H2,16,17,18,19). The van der Waals surface area contributed by atoms with Gasteiger partial charge < -0.3 is 15.8 Å². The molecular formula is C14H27N5O. The summed E-state index contributed by atoms with van der Waals surface area (Å²) in [5.74, 6) is 8.28. The van der Waals surface area contributed by atoms with Gasteiger partial charge >= 0.3 is 0 Å². The predicted molar refractivity (Wildman–Crippen MR) is 82.5 cm³/mol. The Morgan fingerprint density at radius 2 is 1.95 bits per heavy atom. The predicted octanol–water partition coefficient (Wildman–Crippen LogP) is 2.10. The van der Waals surface area contributed by atoms with E-state index in [0.717, 1.165) is 37.4 Å². The molecule has 1 aromatic heterocycles. The molecule has 0 spiro atoms. The van der Waals surface area contributed by atoms with Crippen molar-refractivity contribution in [3.05, 3.63) is 11.9 Å². The van der Waals surface area contributed by atoms with Gasteiger partial charge in [0.25, 0.3) is 0 Å². The van der Waals surface area contributed by atoms with E-state index in [1.165, 1.54) is 0 Å². The van der Waals surface area contributed by atoms with E-state index < -0.39 is 0 Å². The molecular weight excluding hydrogens is 254 g/mol. The monoisotopic (exact) mass is 281 g/mol.